The van der Waals surface area contributed by atoms with E-state index in [1.54, 1.807) is 6.07 Å². The molecule has 0 bridgehead atoms. The molecule has 0 aromatic heterocycles. The molecule has 2 atom stereocenters. The fraction of sp³-hybridized carbons (Fsp3) is 0.300. The second kappa shape index (κ2) is 7.28. The lowest BCUT2D eigenvalue weighted by molar-refractivity contribution is -0.153. The summed E-state index contributed by atoms with van der Waals surface area (Å²) in [6.45, 7) is 2.16. The van der Waals surface area contributed by atoms with Gasteiger partial charge in [0.05, 0.1) is 0 Å². The maximum atomic E-state index is 13.0. The molecule has 0 saturated carbocycles. The van der Waals surface area contributed by atoms with E-state index in [-0.39, 0.29) is 11.8 Å². The number of halogens is 1. The maximum absolute atomic E-state index is 13.0. The number of hydrogen-bond donors (Lipinski definition) is 1. The largest absolute Gasteiger partial charge is 0.480 e. The predicted molar refractivity (Wildman–Crippen MR) is 96.4 cm³/mol. The maximum Gasteiger partial charge on any atom is 0.326 e. The molecule has 2 aromatic rings. The molecular formula is C20H20ClNO3. The van der Waals surface area contributed by atoms with Crippen LogP contribution >= 0.6 is 11.6 Å². The molecule has 1 heterocycles. The van der Waals surface area contributed by atoms with Gasteiger partial charge in [-0.05, 0) is 29.2 Å². The van der Waals surface area contributed by atoms with Crippen molar-refractivity contribution in [2.24, 2.45) is 5.92 Å². The third kappa shape index (κ3) is 3.69. The number of carboxylic acids is 1. The Morgan fingerprint density at radius 1 is 1.16 bits per heavy atom. The van der Waals surface area contributed by atoms with Gasteiger partial charge in [-0.3, -0.25) is 4.79 Å². The van der Waals surface area contributed by atoms with Crippen molar-refractivity contribution in [3.05, 3.63) is 70.2 Å². The smallest absolute Gasteiger partial charge is 0.326 e. The van der Waals surface area contributed by atoms with Gasteiger partial charge in [0, 0.05) is 23.9 Å². The second-order valence-electron chi connectivity index (χ2n) is 6.49. The van der Waals surface area contributed by atoms with E-state index in [1.165, 1.54) is 4.90 Å². The summed E-state index contributed by atoms with van der Waals surface area (Å²) < 4.78 is 0. The highest BCUT2D eigenvalue weighted by atomic mass is 35.5. The summed E-state index contributed by atoms with van der Waals surface area (Å²) in [5.74, 6) is -1.46. The molecule has 0 radical (unpaired) electrons. The molecular weight excluding hydrogens is 338 g/mol. The van der Waals surface area contributed by atoms with Gasteiger partial charge in [-0.2, -0.15) is 0 Å². The fourth-order valence-electron chi connectivity index (χ4n) is 3.34. The molecule has 4 nitrogen and oxygen atoms in total. The summed E-state index contributed by atoms with van der Waals surface area (Å²) in [6, 6.07) is 14.3. The quantitative estimate of drug-likeness (QED) is 0.910. The first-order valence-electron chi connectivity index (χ1n) is 8.31. The van der Waals surface area contributed by atoms with E-state index in [0.717, 1.165) is 16.7 Å². The lowest BCUT2D eigenvalue weighted by Crippen LogP contribution is -2.50. The number of rotatable bonds is 4. The minimum atomic E-state index is -0.965. The summed E-state index contributed by atoms with van der Waals surface area (Å²) in [5.41, 5.74) is 2.91. The molecule has 2 unspecified atom stereocenters. The van der Waals surface area contributed by atoms with E-state index in [1.807, 2.05) is 49.4 Å². The van der Waals surface area contributed by atoms with Crippen LogP contribution in [0.4, 0.5) is 0 Å². The predicted octanol–water partition coefficient (Wildman–Crippen LogP) is 3.56. The number of benzene rings is 2. The zero-order valence-electron chi connectivity index (χ0n) is 14.0. The van der Waals surface area contributed by atoms with Crippen molar-refractivity contribution in [1.82, 2.24) is 4.90 Å². The Hall–Kier alpha value is -2.33. The Labute approximate surface area is 152 Å². The summed E-state index contributed by atoms with van der Waals surface area (Å²) in [7, 11) is 0. The first-order valence-corrected chi connectivity index (χ1v) is 8.68. The number of aliphatic carboxylic acids is 1. The van der Waals surface area contributed by atoms with Crippen LogP contribution in [0.5, 0.6) is 0 Å². The minimum absolute atomic E-state index is 0.151. The molecule has 0 aliphatic carbocycles. The van der Waals surface area contributed by atoms with Gasteiger partial charge in [0.1, 0.15) is 6.04 Å². The van der Waals surface area contributed by atoms with Crippen molar-refractivity contribution in [1.29, 1.82) is 0 Å². The minimum Gasteiger partial charge on any atom is -0.480 e. The van der Waals surface area contributed by atoms with Crippen molar-refractivity contribution < 1.29 is 14.7 Å². The number of amides is 1. The number of hydrogen-bond acceptors (Lipinski definition) is 2. The molecule has 25 heavy (non-hydrogen) atoms. The zero-order valence-corrected chi connectivity index (χ0v) is 14.7. The zero-order chi connectivity index (χ0) is 18.0. The van der Waals surface area contributed by atoms with Crippen molar-refractivity contribution in [3.8, 4) is 0 Å². The molecule has 1 N–H and O–H groups in total. The normalized spacial score (nSPS) is 17.7. The van der Waals surface area contributed by atoms with Crippen LogP contribution in [0.1, 0.15) is 23.6 Å². The average molecular weight is 358 g/mol. The van der Waals surface area contributed by atoms with E-state index < -0.39 is 12.0 Å². The molecule has 2 aromatic carbocycles. The lowest BCUT2D eigenvalue weighted by atomic mass is 9.91. The van der Waals surface area contributed by atoms with Gasteiger partial charge in [0.25, 0.3) is 0 Å². The molecule has 130 valence electrons. The standard InChI is InChI=1S/C20H20ClNO3/c1-13(10-15-7-4-5-9-17(15)21)19(23)22-12-16-8-3-2-6-14(16)11-18(22)20(24)25/h2-9,13,18H,10-12H2,1H3,(H,24,25). The molecule has 1 aliphatic heterocycles. The van der Waals surface area contributed by atoms with Crippen molar-refractivity contribution >= 4 is 23.5 Å². The van der Waals surface area contributed by atoms with Gasteiger partial charge in [-0.1, -0.05) is 61.0 Å². The molecule has 1 aliphatic rings. The van der Waals surface area contributed by atoms with Crippen LogP contribution in [0.3, 0.4) is 0 Å². The Balaban J connectivity index is 1.82. The van der Waals surface area contributed by atoms with E-state index in [2.05, 4.69) is 0 Å². The average Bonchev–Trinajstić information content (AvgIpc) is 2.61. The van der Waals surface area contributed by atoms with Gasteiger partial charge in [-0.15, -0.1) is 0 Å². The van der Waals surface area contributed by atoms with Crippen molar-refractivity contribution in [2.45, 2.75) is 32.4 Å². The van der Waals surface area contributed by atoms with Gasteiger partial charge in [-0.25, -0.2) is 4.79 Å². The van der Waals surface area contributed by atoms with E-state index in [4.69, 9.17) is 11.6 Å². The van der Waals surface area contributed by atoms with Crippen molar-refractivity contribution in [2.75, 3.05) is 0 Å². The Morgan fingerprint density at radius 2 is 1.80 bits per heavy atom. The summed E-state index contributed by atoms with van der Waals surface area (Å²) in [5, 5.41) is 10.2. The Bertz CT molecular complexity index is 805. The Kier molecular flexibility index (Phi) is 5.09. The Morgan fingerprint density at radius 3 is 2.48 bits per heavy atom. The molecule has 0 saturated heterocycles. The summed E-state index contributed by atoms with van der Waals surface area (Å²) in [4.78, 5) is 26.1. The summed E-state index contributed by atoms with van der Waals surface area (Å²) in [6.07, 6.45) is 0.832. The second-order valence-corrected chi connectivity index (χ2v) is 6.90. The van der Waals surface area contributed by atoms with Gasteiger partial charge in [0.15, 0.2) is 0 Å². The first-order chi connectivity index (χ1) is 12.0. The fourth-order valence-corrected chi connectivity index (χ4v) is 3.55. The van der Waals surface area contributed by atoms with Crippen LogP contribution in [0, 0.1) is 5.92 Å². The van der Waals surface area contributed by atoms with E-state index >= 15 is 0 Å². The van der Waals surface area contributed by atoms with Crippen LogP contribution in [-0.2, 0) is 29.0 Å². The van der Waals surface area contributed by atoms with Gasteiger partial charge in [0.2, 0.25) is 5.91 Å². The van der Waals surface area contributed by atoms with Crippen LogP contribution in [0.15, 0.2) is 48.5 Å². The third-order valence-corrected chi connectivity index (χ3v) is 5.09. The molecule has 5 heteroatoms. The van der Waals surface area contributed by atoms with Gasteiger partial charge >= 0.3 is 5.97 Å². The number of carboxylic acid groups (broad SMARTS) is 1. The highest BCUT2D eigenvalue weighted by Crippen LogP contribution is 2.27. The van der Waals surface area contributed by atoms with Gasteiger partial charge < -0.3 is 10.0 Å². The first kappa shape index (κ1) is 17.5. The third-order valence-electron chi connectivity index (χ3n) is 4.72. The molecule has 3 rings (SSSR count). The molecule has 1 amide bonds. The number of fused-ring (bicyclic) bond motifs is 1. The van der Waals surface area contributed by atoms with E-state index in [0.29, 0.717) is 24.4 Å². The topological polar surface area (TPSA) is 57.6 Å². The molecule has 0 spiro atoms. The van der Waals surface area contributed by atoms with Crippen LogP contribution in [0.2, 0.25) is 5.02 Å². The lowest BCUT2D eigenvalue weighted by Gasteiger charge is -2.36. The highest BCUT2D eigenvalue weighted by Gasteiger charge is 2.36. The van der Waals surface area contributed by atoms with Crippen LogP contribution in [0.25, 0.3) is 0 Å². The van der Waals surface area contributed by atoms with E-state index in [9.17, 15) is 14.7 Å². The monoisotopic (exact) mass is 357 g/mol. The SMILES string of the molecule is CC(Cc1ccccc1Cl)C(=O)N1Cc2ccccc2CC1C(=O)O. The number of nitrogens with zero attached hydrogens (tertiary/aromatic N) is 1. The van der Waals surface area contributed by atoms with Crippen LogP contribution in [-0.4, -0.2) is 27.9 Å². The van der Waals surface area contributed by atoms with Crippen LogP contribution < -0.4 is 0 Å². The number of carbonyl (C=O) groups is 2. The molecule has 0 fully saturated rings. The number of carbonyl (C=O) groups excluding carboxylic acids is 1. The summed E-state index contributed by atoms with van der Waals surface area (Å²) >= 11 is 6.19. The highest BCUT2D eigenvalue weighted by molar-refractivity contribution is 6.31. The van der Waals surface area contributed by atoms with Crippen molar-refractivity contribution in [3.63, 3.8) is 0 Å².